The minimum Gasteiger partial charge on any atom is -0.311 e. The molecule has 2 fully saturated rings. The summed E-state index contributed by atoms with van der Waals surface area (Å²) in [5, 5.41) is 3.80. The quantitative estimate of drug-likeness (QED) is 0.749. The first kappa shape index (κ1) is 9.85. The third kappa shape index (κ3) is 2.63. The number of nitrogens with one attached hydrogen (secondary N) is 1. The summed E-state index contributed by atoms with van der Waals surface area (Å²) in [4.78, 5) is 0. The fraction of sp³-hybridized carbons (Fsp3) is 1.00. The molecule has 0 aromatic carbocycles. The zero-order valence-electron chi connectivity index (χ0n) is 8.75. The van der Waals surface area contributed by atoms with E-state index in [9.17, 15) is 0 Å². The van der Waals surface area contributed by atoms with Gasteiger partial charge in [-0.05, 0) is 49.5 Å². The van der Waals surface area contributed by atoms with E-state index in [1.165, 1.54) is 30.8 Å². The summed E-state index contributed by atoms with van der Waals surface area (Å²) in [5.41, 5.74) is 0. The van der Waals surface area contributed by atoms with Gasteiger partial charge in [-0.15, -0.1) is 0 Å². The molecule has 2 aliphatic rings. The van der Waals surface area contributed by atoms with Gasteiger partial charge in [0.1, 0.15) is 0 Å². The summed E-state index contributed by atoms with van der Waals surface area (Å²) < 4.78 is 0. The smallest absolute Gasteiger partial charge is 0.00853 e. The molecule has 3 atom stereocenters. The van der Waals surface area contributed by atoms with Crippen molar-refractivity contribution in [3.63, 3.8) is 0 Å². The van der Waals surface area contributed by atoms with E-state index in [1.807, 2.05) is 0 Å². The van der Waals surface area contributed by atoms with Crippen LogP contribution in [0.5, 0.6) is 0 Å². The van der Waals surface area contributed by atoms with Gasteiger partial charge < -0.3 is 5.32 Å². The van der Waals surface area contributed by atoms with E-state index < -0.39 is 0 Å². The van der Waals surface area contributed by atoms with Crippen molar-refractivity contribution >= 4 is 11.8 Å². The molecule has 0 bridgehead atoms. The molecule has 76 valence electrons. The maximum absolute atomic E-state index is 3.80. The normalized spacial score (nSPS) is 37.4. The molecule has 3 unspecified atom stereocenters. The molecule has 1 aliphatic heterocycles. The minimum atomic E-state index is 0.767. The Bertz CT molecular complexity index is 165. The highest BCUT2D eigenvalue weighted by atomic mass is 32.2. The second-order valence-corrected chi connectivity index (χ2v) is 5.94. The molecule has 1 saturated heterocycles. The molecule has 1 nitrogen and oxygen atoms in total. The van der Waals surface area contributed by atoms with Gasteiger partial charge in [0, 0.05) is 12.1 Å². The molecule has 0 spiro atoms. The first-order valence-corrected chi connectivity index (χ1v) is 6.76. The summed E-state index contributed by atoms with van der Waals surface area (Å²) >= 11 is 2.11. The molecule has 13 heavy (non-hydrogen) atoms. The summed E-state index contributed by atoms with van der Waals surface area (Å²) in [5.74, 6) is 4.70. The fourth-order valence-electron chi connectivity index (χ4n) is 2.41. The Kier molecular flexibility index (Phi) is 3.20. The lowest BCUT2D eigenvalue weighted by molar-refractivity contribution is 0.388. The zero-order chi connectivity index (χ0) is 9.26. The van der Waals surface area contributed by atoms with Crippen LogP contribution in [0.1, 0.15) is 33.1 Å². The summed E-state index contributed by atoms with van der Waals surface area (Å²) in [6, 6.07) is 1.59. The zero-order valence-corrected chi connectivity index (χ0v) is 9.57. The van der Waals surface area contributed by atoms with Gasteiger partial charge in [-0.3, -0.25) is 0 Å². The van der Waals surface area contributed by atoms with Crippen LogP contribution >= 0.6 is 11.8 Å². The van der Waals surface area contributed by atoms with Crippen molar-refractivity contribution < 1.29 is 0 Å². The molecule has 1 heterocycles. The topological polar surface area (TPSA) is 12.0 Å². The Morgan fingerprint density at radius 1 is 1.31 bits per heavy atom. The number of hydrogen-bond acceptors (Lipinski definition) is 2. The molecular formula is C11H21NS. The second kappa shape index (κ2) is 4.22. The van der Waals surface area contributed by atoms with Crippen LogP contribution in [-0.4, -0.2) is 23.6 Å². The molecule has 0 aromatic heterocycles. The molecule has 0 radical (unpaired) electrons. The molecule has 0 amide bonds. The first-order valence-electron chi connectivity index (χ1n) is 5.61. The van der Waals surface area contributed by atoms with Crippen molar-refractivity contribution in [3.8, 4) is 0 Å². The van der Waals surface area contributed by atoms with Crippen molar-refractivity contribution in [2.24, 2.45) is 11.8 Å². The van der Waals surface area contributed by atoms with Crippen LogP contribution in [0.4, 0.5) is 0 Å². The van der Waals surface area contributed by atoms with Crippen LogP contribution in [0.25, 0.3) is 0 Å². The van der Waals surface area contributed by atoms with Crippen LogP contribution in [0.2, 0.25) is 0 Å². The molecule has 1 aliphatic carbocycles. The standard InChI is InChI=1S/C11H21NS/c1-8-7-11(8)9(2)12-10-3-5-13-6-4-10/h8-12H,3-7H2,1-2H3. The van der Waals surface area contributed by atoms with Gasteiger partial charge in [0.05, 0.1) is 0 Å². The summed E-state index contributed by atoms with van der Waals surface area (Å²) in [7, 11) is 0. The van der Waals surface area contributed by atoms with Crippen molar-refractivity contribution in [2.45, 2.75) is 45.2 Å². The highest BCUT2D eigenvalue weighted by molar-refractivity contribution is 7.99. The molecule has 2 heteroatoms. The predicted molar refractivity (Wildman–Crippen MR) is 60.2 cm³/mol. The maximum atomic E-state index is 3.80. The van der Waals surface area contributed by atoms with Gasteiger partial charge in [-0.25, -0.2) is 0 Å². The molecule has 1 N–H and O–H groups in total. The van der Waals surface area contributed by atoms with Crippen molar-refractivity contribution in [3.05, 3.63) is 0 Å². The first-order chi connectivity index (χ1) is 6.27. The molecular weight excluding hydrogens is 178 g/mol. The van der Waals surface area contributed by atoms with Gasteiger partial charge in [-0.2, -0.15) is 11.8 Å². The Morgan fingerprint density at radius 3 is 2.46 bits per heavy atom. The third-order valence-electron chi connectivity index (χ3n) is 3.53. The van der Waals surface area contributed by atoms with Crippen molar-refractivity contribution in [2.75, 3.05) is 11.5 Å². The summed E-state index contributed by atoms with van der Waals surface area (Å²) in [6.07, 6.45) is 4.22. The van der Waals surface area contributed by atoms with E-state index in [1.54, 1.807) is 0 Å². The Balaban J connectivity index is 1.70. The van der Waals surface area contributed by atoms with Crippen molar-refractivity contribution in [1.82, 2.24) is 5.32 Å². The highest BCUT2D eigenvalue weighted by Crippen LogP contribution is 2.40. The van der Waals surface area contributed by atoms with Gasteiger partial charge in [-0.1, -0.05) is 6.92 Å². The summed E-state index contributed by atoms with van der Waals surface area (Å²) in [6.45, 7) is 4.75. The molecule has 2 rings (SSSR count). The van der Waals surface area contributed by atoms with E-state index in [0.29, 0.717) is 0 Å². The lowest BCUT2D eigenvalue weighted by atomic mass is 10.1. The van der Waals surface area contributed by atoms with Gasteiger partial charge in [0.15, 0.2) is 0 Å². The number of thioether (sulfide) groups is 1. The largest absolute Gasteiger partial charge is 0.311 e. The molecule has 1 saturated carbocycles. The number of rotatable bonds is 3. The Labute approximate surface area is 86.0 Å². The van der Waals surface area contributed by atoms with E-state index >= 15 is 0 Å². The SMILES string of the molecule is CC1CC1C(C)NC1CCSCC1. The average Bonchev–Trinajstić information content (AvgIpc) is 2.84. The second-order valence-electron chi connectivity index (χ2n) is 4.72. The van der Waals surface area contributed by atoms with E-state index in [0.717, 1.165) is 23.9 Å². The average molecular weight is 199 g/mol. The third-order valence-corrected chi connectivity index (χ3v) is 4.58. The van der Waals surface area contributed by atoms with Gasteiger partial charge >= 0.3 is 0 Å². The predicted octanol–water partition coefficient (Wildman–Crippen LogP) is 2.52. The molecule has 0 aromatic rings. The van der Waals surface area contributed by atoms with Gasteiger partial charge in [0.2, 0.25) is 0 Å². The highest BCUT2D eigenvalue weighted by Gasteiger charge is 2.37. The van der Waals surface area contributed by atoms with Gasteiger partial charge in [0.25, 0.3) is 0 Å². The monoisotopic (exact) mass is 199 g/mol. The van der Waals surface area contributed by atoms with Crippen molar-refractivity contribution in [1.29, 1.82) is 0 Å². The fourth-order valence-corrected chi connectivity index (χ4v) is 3.51. The Hall–Kier alpha value is 0.310. The van der Waals surface area contributed by atoms with E-state index in [2.05, 4.69) is 30.9 Å². The maximum Gasteiger partial charge on any atom is 0.00853 e. The van der Waals surface area contributed by atoms with Crippen LogP contribution in [-0.2, 0) is 0 Å². The van der Waals surface area contributed by atoms with Crippen LogP contribution in [0, 0.1) is 11.8 Å². The number of hydrogen-bond donors (Lipinski definition) is 1. The van der Waals surface area contributed by atoms with E-state index in [4.69, 9.17) is 0 Å². The van der Waals surface area contributed by atoms with Crippen LogP contribution in [0.15, 0.2) is 0 Å². The van der Waals surface area contributed by atoms with E-state index in [-0.39, 0.29) is 0 Å². The lowest BCUT2D eigenvalue weighted by Gasteiger charge is -2.26. The lowest BCUT2D eigenvalue weighted by Crippen LogP contribution is -2.40. The minimum absolute atomic E-state index is 0.767. The Morgan fingerprint density at radius 2 is 1.92 bits per heavy atom. The van der Waals surface area contributed by atoms with Crippen LogP contribution < -0.4 is 5.32 Å². The van der Waals surface area contributed by atoms with Crippen LogP contribution in [0.3, 0.4) is 0 Å².